The lowest BCUT2D eigenvalue weighted by Gasteiger charge is -2.19. The molecule has 1 fully saturated rings. The van der Waals surface area contributed by atoms with E-state index in [0.717, 1.165) is 0 Å². The van der Waals surface area contributed by atoms with Crippen molar-refractivity contribution in [2.75, 3.05) is 6.54 Å². The Bertz CT molecular complexity index is 722. The van der Waals surface area contributed by atoms with Gasteiger partial charge in [-0.25, -0.2) is 4.79 Å². The SMILES string of the molecule is CC[C@]1(C)NC(=O)N(NC(=O)CCCNC(=O)c2ccc(Cl)cc2)C1=O. The molecule has 0 aliphatic carbocycles. The zero-order chi connectivity index (χ0) is 19.3. The van der Waals surface area contributed by atoms with Gasteiger partial charge in [0, 0.05) is 23.6 Å². The number of carbonyl (C=O) groups is 4. The van der Waals surface area contributed by atoms with Gasteiger partial charge in [-0.3, -0.25) is 19.8 Å². The Morgan fingerprint density at radius 3 is 2.46 bits per heavy atom. The second kappa shape index (κ2) is 8.18. The highest BCUT2D eigenvalue weighted by molar-refractivity contribution is 6.30. The maximum absolute atomic E-state index is 12.2. The van der Waals surface area contributed by atoms with Crippen LogP contribution in [0, 0.1) is 0 Å². The Labute approximate surface area is 156 Å². The van der Waals surface area contributed by atoms with E-state index in [1.165, 1.54) is 0 Å². The third-order valence-electron chi connectivity index (χ3n) is 4.18. The molecule has 0 unspecified atom stereocenters. The molecule has 1 heterocycles. The van der Waals surface area contributed by atoms with Crippen molar-refractivity contribution in [1.29, 1.82) is 0 Å². The molecule has 1 aliphatic heterocycles. The fourth-order valence-corrected chi connectivity index (χ4v) is 2.49. The number of imide groups is 1. The molecule has 8 nitrogen and oxygen atoms in total. The van der Waals surface area contributed by atoms with Gasteiger partial charge in [0.05, 0.1) is 0 Å². The lowest BCUT2D eigenvalue weighted by molar-refractivity contribution is -0.138. The van der Waals surface area contributed by atoms with E-state index in [9.17, 15) is 19.2 Å². The summed E-state index contributed by atoms with van der Waals surface area (Å²) in [7, 11) is 0. The van der Waals surface area contributed by atoms with Gasteiger partial charge in [0.2, 0.25) is 5.91 Å². The van der Waals surface area contributed by atoms with Crippen LogP contribution in [0.15, 0.2) is 24.3 Å². The number of hydrogen-bond donors (Lipinski definition) is 3. The molecule has 1 atom stereocenters. The minimum absolute atomic E-state index is 0.0563. The number of carbonyl (C=O) groups excluding carboxylic acids is 4. The molecule has 5 amide bonds. The molecule has 0 radical (unpaired) electrons. The summed E-state index contributed by atoms with van der Waals surface area (Å²) in [6.07, 6.45) is 0.835. The third-order valence-corrected chi connectivity index (χ3v) is 4.43. The van der Waals surface area contributed by atoms with E-state index in [4.69, 9.17) is 11.6 Å². The van der Waals surface area contributed by atoms with Crippen molar-refractivity contribution < 1.29 is 19.2 Å². The molecule has 1 aromatic carbocycles. The number of urea groups is 1. The molecule has 0 aromatic heterocycles. The van der Waals surface area contributed by atoms with E-state index in [0.29, 0.717) is 28.4 Å². The summed E-state index contributed by atoms with van der Waals surface area (Å²) in [4.78, 5) is 47.8. The van der Waals surface area contributed by atoms with Gasteiger partial charge >= 0.3 is 6.03 Å². The van der Waals surface area contributed by atoms with E-state index in [-0.39, 0.29) is 18.9 Å². The first-order valence-electron chi connectivity index (χ1n) is 8.27. The molecule has 1 saturated heterocycles. The average Bonchev–Trinajstić information content (AvgIpc) is 2.83. The zero-order valence-electron chi connectivity index (χ0n) is 14.6. The van der Waals surface area contributed by atoms with E-state index in [1.807, 2.05) is 0 Å². The molecule has 0 bridgehead atoms. The Morgan fingerprint density at radius 1 is 1.23 bits per heavy atom. The summed E-state index contributed by atoms with van der Waals surface area (Å²) in [5, 5.41) is 6.48. The number of benzene rings is 1. The van der Waals surface area contributed by atoms with Crippen molar-refractivity contribution in [2.45, 2.75) is 38.6 Å². The van der Waals surface area contributed by atoms with Gasteiger partial charge < -0.3 is 10.6 Å². The summed E-state index contributed by atoms with van der Waals surface area (Å²) < 4.78 is 0. The minimum Gasteiger partial charge on any atom is -0.352 e. The monoisotopic (exact) mass is 380 g/mol. The van der Waals surface area contributed by atoms with Crippen molar-refractivity contribution in [3.05, 3.63) is 34.9 Å². The van der Waals surface area contributed by atoms with Crippen LogP contribution in [0.2, 0.25) is 5.02 Å². The highest BCUT2D eigenvalue weighted by atomic mass is 35.5. The normalized spacial score (nSPS) is 19.3. The van der Waals surface area contributed by atoms with Gasteiger partial charge in [0.15, 0.2) is 0 Å². The van der Waals surface area contributed by atoms with Crippen LogP contribution in [-0.2, 0) is 9.59 Å². The smallest absolute Gasteiger partial charge is 0.344 e. The number of nitrogens with zero attached hydrogens (tertiary/aromatic N) is 1. The van der Waals surface area contributed by atoms with Crippen LogP contribution in [-0.4, -0.2) is 40.8 Å². The number of hydrazine groups is 1. The maximum atomic E-state index is 12.2. The molecule has 9 heteroatoms. The average molecular weight is 381 g/mol. The first-order chi connectivity index (χ1) is 12.3. The van der Waals surface area contributed by atoms with E-state index in [1.54, 1.807) is 38.1 Å². The van der Waals surface area contributed by atoms with Gasteiger partial charge in [0.25, 0.3) is 11.8 Å². The van der Waals surface area contributed by atoms with Crippen molar-refractivity contribution in [2.24, 2.45) is 0 Å². The van der Waals surface area contributed by atoms with Gasteiger partial charge in [-0.2, -0.15) is 5.01 Å². The van der Waals surface area contributed by atoms with Gasteiger partial charge in [-0.05, 0) is 44.0 Å². The number of halogens is 1. The Balaban J connectivity index is 1.74. The second-order valence-corrected chi connectivity index (χ2v) is 6.59. The number of nitrogens with one attached hydrogen (secondary N) is 3. The van der Waals surface area contributed by atoms with Crippen LogP contribution in [0.4, 0.5) is 4.79 Å². The Kier molecular flexibility index (Phi) is 6.20. The van der Waals surface area contributed by atoms with Crippen molar-refractivity contribution >= 4 is 35.4 Å². The molecular weight excluding hydrogens is 360 g/mol. The maximum Gasteiger partial charge on any atom is 0.344 e. The second-order valence-electron chi connectivity index (χ2n) is 6.16. The quantitative estimate of drug-likeness (QED) is 0.493. The van der Waals surface area contributed by atoms with E-state index >= 15 is 0 Å². The molecule has 0 spiro atoms. The lowest BCUT2D eigenvalue weighted by atomic mass is 10.00. The van der Waals surface area contributed by atoms with E-state index < -0.39 is 23.4 Å². The molecule has 0 saturated carbocycles. The predicted octanol–water partition coefficient (Wildman–Crippen LogP) is 1.60. The van der Waals surface area contributed by atoms with Crippen molar-refractivity contribution in [3.63, 3.8) is 0 Å². The number of hydrogen-bond acceptors (Lipinski definition) is 4. The summed E-state index contributed by atoms with van der Waals surface area (Å²) in [6, 6.07) is 5.79. The van der Waals surface area contributed by atoms with Crippen molar-refractivity contribution in [1.82, 2.24) is 21.1 Å². The predicted molar refractivity (Wildman–Crippen MR) is 95.2 cm³/mol. The van der Waals surface area contributed by atoms with Crippen LogP contribution < -0.4 is 16.1 Å². The van der Waals surface area contributed by atoms with Crippen LogP contribution >= 0.6 is 11.6 Å². The summed E-state index contributed by atoms with van der Waals surface area (Å²) in [6.45, 7) is 3.65. The molecular formula is C17H21ClN4O4. The molecule has 3 N–H and O–H groups in total. The molecule has 1 aliphatic rings. The first-order valence-corrected chi connectivity index (χ1v) is 8.64. The van der Waals surface area contributed by atoms with E-state index in [2.05, 4.69) is 16.1 Å². The van der Waals surface area contributed by atoms with Crippen molar-refractivity contribution in [3.8, 4) is 0 Å². The molecule has 2 rings (SSSR count). The van der Waals surface area contributed by atoms with Gasteiger partial charge in [-0.15, -0.1) is 0 Å². The summed E-state index contributed by atoms with van der Waals surface area (Å²) in [5.41, 5.74) is 1.77. The van der Waals surface area contributed by atoms with Crippen LogP contribution in [0.5, 0.6) is 0 Å². The molecule has 1 aromatic rings. The molecule has 26 heavy (non-hydrogen) atoms. The number of amides is 5. The number of rotatable bonds is 7. The standard InChI is InChI=1S/C17H21ClN4O4/c1-3-17(2)15(25)22(16(26)20-17)21-13(23)5-4-10-19-14(24)11-6-8-12(18)9-7-11/h6-9H,3-5,10H2,1-2H3,(H,19,24)(H,20,26)(H,21,23)/t17-/m0/s1. The third kappa shape index (κ3) is 4.51. The highest BCUT2D eigenvalue weighted by Gasteiger charge is 2.47. The fraction of sp³-hybridized carbons (Fsp3) is 0.412. The fourth-order valence-electron chi connectivity index (χ4n) is 2.36. The molecule has 140 valence electrons. The highest BCUT2D eigenvalue weighted by Crippen LogP contribution is 2.19. The zero-order valence-corrected chi connectivity index (χ0v) is 15.4. The van der Waals surface area contributed by atoms with Crippen LogP contribution in [0.1, 0.15) is 43.5 Å². The van der Waals surface area contributed by atoms with Crippen LogP contribution in [0.3, 0.4) is 0 Å². The van der Waals surface area contributed by atoms with Crippen LogP contribution in [0.25, 0.3) is 0 Å². The Morgan fingerprint density at radius 2 is 1.88 bits per heavy atom. The lowest BCUT2D eigenvalue weighted by Crippen LogP contribution is -2.48. The minimum atomic E-state index is -1.00. The van der Waals surface area contributed by atoms with Gasteiger partial charge in [-0.1, -0.05) is 18.5 Å². The topological polar surface area (TPSA) is 108 Å². The van der Waals surface area contributed by atoms with Gasteiger partial charge in [0.1, 0.15) is 5.54 Å². The Hall–Kier alpha value is -2.61. The largest absolute Gasteiger partial charge is 0.352 e. The summed E-state index contributed by atoms with van der Waals surface area (Å²) >= 11 is 5.76. The first kappa shape index (κ1) is 19.7. The summed E-state index contributed by atoms with van der Waals surface area (Å²) in [5.74, 6) is -1.24.